The van der Waals surface area contributed by atoms with Crippen molar-refractivity contribution in [2.45, 2.75) is 62.9 Å². The summed E-state index contributed by atoms with van der Waals surface area (Å²) in [6, 6.07) is 2.74. The molecule has 2 aromatic rings. The minimum Gasteiger partial charge on any atom is -0.494 e. The third-order valence-electron chi connectivity index (χ3n) is 6.10. The molecule has 0 saturated heterocycles. The number of hydrogen-bond donors (Lipinski definition) is 4. The molecular formula is C27H37F3N4O7S. The number of alkyl halides is 3. The van der Waals surface area contributed by atoms with Gasteiger partial charge in [-0.3, -0.25) is 10.1 Å². The SMILES string of the molecule is CC[C@@H](CNc1ccc(OCC(=O)O)cc1OC)NC(=O)[C@H](CC(C)C)N[C@@H](c1ccc(S(C)(=O)=O)nc1)C(F)(F)F. The van der Waals surface area contributed by atoms with Gasteiger partial charge in [-0.05, 0) is 42.5 Å². The molecule has 0 aliphatic carbocycles. The molecule has 42 heavy (non-hydrogen) atoms. The predicted molar refractivity (Wildman–Crippen MR) is 149 cm³/mol. The number of nitrogens with zero attached hydrogens (tertiary/aromatic N) is 1. The Labute approximate surface area is 243 Å². The van der Waals surface area contributed by atoms with E-state index in [1.54, 1.807) is 26.0 Å². The van der Waals surface area contributed by atoms with Crippen LogP contribution in [0.25, 0.3) is 0 Å². The second kappa shape index (κ2) is 15.0. The lowest BCUT2D eigenvalue weighted by Crippen LogP contribution is -2.52. The number of pyridine rings is 1. The van der Waals surface area contributed by atoms with Crippen molar-refractivity contribution in [1.82, 2.24) is 15.6 Å². The quantitative estimate of drug-likeness (QED) is 0.219. The van der Waals surface area contributed by atoms with Gasteiger partial charge in [0.1, 0.15) is 17.5 Å². The van der Waals surface area contributed by atoms with Crippen molar-refractivity contribution < 1.29 is 45.8 Å². The van der Waals surface area contributed by atoms with Crippen LogP contribution in [0.2, 0.25) is 0 Å². The number of carbonyl (C=O) groups excluding carboxylic acids is 1. The van der Waals surface area contributed by atoms with Gasteiger partial charge in [-0.25, -0.2) is 18.2 Å². The van der Waals surface area contributed by atoms with Crippen molar-refractivity contribution in [2.24, 2.45) is 5.92 Å². The van der Waals surface area contributed by atoms with Gasteiger partial charge in [0.25, 0.3) is 0 Å². The van der Waals surface area contributed by atoms with Gasteiger partial charge in [0, 0.05) is 31.1 Å². The summed E-state index contributed by atoms with van der Waals surface area (Å²) < 4.78 is 76.2. The first-order valence-corrected chi connectivity index (χ1v) is 15.0. The van der Waals surface area contributed by atoms with Crippen LogP contribution in [0.15, 0.2) is 41.6 Å². The number of carboxylic acids is 1. The topological polar surface area (TPSA) is 156 Å². The molecule has 1 aromatic heterocycles. The molecule has 0 bridgehead atoms. The molecule has 0 fully saturated rings. The largest absolute Gasteiger partial charge is 0.494 e. The van der Waals surface area contributed by atoms with Crippen molar-refractivity contribution >= 4 is 27.4 Å². The molecule has 0 aliphatic heterocycles. The van der Waals surface area contributed by atoms with Gasteiger partial charge in [-0.2, -0.15) is 13.2 Å². The monoisotopic (exact) mass is 618 g/mol. The van der Waals surface area contributed by atoms with Crippen LogP contribution in [0, 0.1) is 5.92 Å². The number of rotatable bonds is 16. The molecule has 2 rings (SSSR count). The van der Waals surface area contributed by atoms with Crippen molar-refractivity contribution in [3.63, 3.8) is 0 Å². The average Bonchev–Trinajstić information content (AvgIpc) is 2.90. The molecule has 0 unspecified atom stereocenters. The third kappa shape index (κ3) is 10.7. The molecule has 1 aromatic carbocycles. The summed E-state index contributed by atoms with van der Waals surface area (Å²) in [6.45, 7) is 5.06. The first kappa shape index (κ1) is 34.6. The summed E-state index contributed by atoms with van der Waals surface area (Å²) in [6.07, 6.45) is -2.50. The van der Waals surface area contributed by atoms with Gasteiger partial charge >= 0.3 is 12.1 Å². The van der Waals surface area contributed by atoms with Crippen molar-refractivity contribution in [1.29, 1.82) is 0 Å². The zero-order chi connectivity index (χ0) is 31.7. The Bertz CT molecular complexity index is 1310. The van der Waals surface area contributed by atoms with Crippen LogP contribution in [-0.2, 0) is 19.4 Å². The van der Waals surface area contributed by atoms with Gasteiger partial charge in [-0.15, -0.1) is 0 Å². The highest BCUT2D eigenvalue weighted by molar-refractivity contribution is 7.90. The smallest absolute Gasteiger partial charge is 0.407 e. The van der Waals surface area contributed by atoms with Gasteiger partial charge < -0.3 is 25.2 Å². The Hall–Kier alpha value is -3.59. The number of amides is 1. The van der Waals surface area contributed by atoms with Crippen LogP contribution in [0.4, 0.5) is 18.9 Å². The summed E-state index contributed by atoms with van der Waals surface area (Å²) in [5, 5.41) is 16.8. The van der Waals surface area contributed by atoms with Crippen LogP contribution in [0.3, 0.4) is 0 Å². The fourth-order valence-corrected chi connectivity index (χ4v) is 4.53. The molecule has 3 atom stereocenters. The second-order valence-corrected chi connectivity index (χ2v) is 12.0. The number of anilines is 1. The summed E-state index contributed by atoms with van der Waals surface area (Å²) in [5.41, 5.74) is 0.208. The lowest BCUT2D eigenvalue weighted by Gasteiger charge is -2.29. The number of carbonyl (C=O) groups is 2. The van der Waals surface area contributed by atoms with Crippen LogP contribution >= 0.6 is 0 Å². The van der Waals surface area contributed by atoms with E-state index in [0.29, 0.717) is 17.9 Å². The zero-order valence-corrected chi connectivity index (χ0v) is 24.8. The number of aliphatic carboxylic acids is 1. The normalized spacial score (nSPS) is 14.1. The van der Waals surface area contributed by atoms with E-state index >= 15 is 0 Å². The number of ether oxygens (including phenoxy) is 2. The summed E-state index contributed by atoms with van der Waals surface area (Å²) >= 11 is 0. The van der Waals surface area contributed by atoms with E-state index < -0.39 is 52.6 Å². The number of methoxy groups -OCH3 is 1. The molecule has 0 radical (unpaired) electrons. The second-order valence-electron chi connectivity index (χ2n) is 10.1. The van der Waals surface area contributed by atoms with E-state index in [9.17, 15) is 31.2 Å². The van der Waals surface area contributed by atoms with Crippen LogP contribution < -0.4 is 25.4 Å². The highest BCUT2D eigenvalue weighted by Crippen LogP contribution is 2.34. The molecule has 15 heteroatoms. The number of carboxylic acid groups (broad SMARTS) is 1. The maximum Gasteiger partial charge on any atom is 0.407 e. The highest BCUT2D eigenvalue weighted by Gasteiger charge is 2.43. The van der Waals surface area contributed by atoms with E-state index in [0.717, 1.165) is 24.6 Å². The minimum absolute atomic E-state index is 0.1000. The Morgan fingerprint density at radius 3 is 2.33 bits per heavy atom. The maximum absolute atomic E-state index is 14.1. The lowest BCUT2D eigenvalue weighted by molar-refractivity contribution is -0.161. The first-order chi connectivity index (χ1) is 19.5. The molecule has 0 spiro atoms. The van der Waals surface area contributed by atoms with E-state index in [1.165, 1.54) is 13.2 Å². The average molecular weight is 619 g/mol. The predicted octanol–water partition coefficient (Wildman–Crippen LogP) is 3.57. The van der Waals surface area contributed by atoms with Crippen molar-refractivity contribution in [3.8, 4) is 11.5 Å². The van der Waals surface area contributed by atoms with Gasteiger partial charge in [0.15, 0.2) is 21.5 Å². The molecule has 1 amide bonds. The fourth-order valence-electron chi connectivity index (χ4n) is 3.97. The summed E-state index contributed by atoms with van der Waals surface area (Å²) in [4.78, 5) is 27.7. The first-order valence-electron chi connectivity index (χ1n) is 13.1. The number of hydrogen-bond acceptors (Lipinski definition) is 9. The fraction of sp³-hybridized carbons (Fsp3) is 0.519. The van der Waals surface area contributed by atoms with Gasteiger partial charge in [-0.1, -0.05) is 26.8 Å². The Kier molecular flexibility index (Phi) is 12.4. The summed E-state index contributed by atoms with van der Waals surface area (Å²) in [7, 11) is -2.29. The highest BCUT2D eigenvalue weighted by atomic mass is 32.2. The van der Waals surface area contributed by atoms with Crippen LogP contribution in [0.1, 0.15) is 45.2 Å². The Morgan fingerprint density at radius 2 is 1.83 bits per heavy atom. The molecule has 11 nitrogen and oxygen atoms in total. The molecular weight excluding hydrogens is 581 g/mol. The Balaban J connectivity index is 2.18. The number of nitrogens with one attached hydrogen (secondary N) is 3. The van der Waals surface area contributed by atoms with E-state index in [2.05, 4.69) is 20.9 Å². The van der Waals surface area contributed by atoms with Crippen LogP contribution in [-0.4, -0.2) is 75.2 Å². The van der Waals surface area contributed by atoms with E-state index in [4.69, 9.17) is 14.6 Å². The van der Waals surface area contributed by atoms with Crippen molar-refractivity contribution in [3.05, 3.63) is 42.1 Å². The molecule has 234 valence electrons. The van der Waals surface area contributed by atoms with Crippen LogP contribution in [0.5, 0.6) is 11.5 Å². The molecule has 0 aliphatic rings. The number of benzene rings is 1. The van der Waals surface area contributed by atoms with Crippen molar-refractivity contribution in [2.75, 3.05) is 31.8 Å². The molecule has 0 saturated carbocycles. The van der Waals surface area contributed by atoms with Gasteiger partial charge in [0.2, 0.25) is 5.91 Å². The van der Waals surface area contributed by atoms with E-state index in [1.807, 2.05) is 6.92 Å². The maximum atomic E-state index is 14.1. The standard InChI is InChI=1S/C27H37F3N4O7S/c1-6-18(14-31-20-9-8-19(12-22(20)40-4)41-15-24(35)36)33-26(37)21(11-16(2)3)34-25(27(28,29)30)17-7-10-23(32-13-17)42(5,38)39/h7-10,12-13,16,18,21,25,31,34H,6,11,14-15H2,1-5H3,(H,33,37)(H,35,36)/t18-,21-,25-/m0/s1. The third-order valence-corrected chi connectivity index (χ3v) is 7.11. The zero-order valence-electron chi connectivity index (χ0n) is 24.0. The number of sulfone groups is 1. The minimum atomic E-state index is -4.80. The molecule has 1 heterocycles. The van der Waals surface area contributed by atoms with Gasteiger partial charge in [0.05, 0.1) is 18.8 Å². The Morgan fingerprint density at radius 1 is 1.14 bits per heavy atom. The lowest BCUT2D eigenvalue weighted by atomic mass is 9.99. The molecule has 4 N–H and O–H groups in total. The number of halogens is 3. The number of aromatic nitrogens is 1. The summed E-state index contributed by atoms with van der Waals surface area (Å²) in [5.74, 6) is -1.25. The van der Waals surface area contributed by atoms with E-state index in [-0.39, 0.29) is 35.2 Å².